The molecule has 1 amide bonds. The van der Waals surface area contributed by atoms with Gasteiger partial charge >= 0.3 is 0 Å². The standard InChI is InChI=1S/C15H13BrFNO/c16-12-7-4-8-13(17)14(12)15(19)18-10-9-11-5-2-1-3-6-11/h1-8H,9-10H2,(H,18,19). The highest BCUT2D eigenvalue weighted by Crippen LogP contribution is 2.19. The van der Waals surface area contributed by atoms with E-state index in [1.165, 1.54) is 6.07 Å². The van der Waals surface area contributed by atoms with Crippen LogP contribution in [-0.4, -0.2) is 12.5 Å². The van der Waals surface area contributed by atoms with Crippen molar-refractivity contribution in [3.63, 3.8) is 0 Å². The second-order valence-electron chi connectivity index (χ2n) is 4.09. The van der Waals surface area contributed by atoms with Crippen LogP contribution < -0.4 is 5.32 Å². The van der Waals surface area contributed by atoms with Gasteiger partial charge in [-0.2, -0.15) is 0 Å². The molecule has 2 nitrogen and oxygen atoms in total. The van der Waals surface area contributed by atoms with Crippen molar-refractivity contribution >= 4 is 21.8 Å². The highest BCUT2D eigenvalue weighted by atomic mass is 79.9. The SMILES string of the molecule is O=C(NCCc1ccccc1)c1c(F)cccc1Br. The molecule has 2 rings (SSSR count). The van der Waals surface area contributed by atoms with E-state index in [4.69, 9.17) is 0 Å². The Kier molecular flexibility index (Phi) is 4.68. The molecule has 0 radical (unpaired) electrons. The average molecular weight is 322 g/mol. The van der Waals surface area contributed by atoms with E-state index in [0.717, 1.165) is 12.0 Å². The predicted octanol–water partition coefficient (Wildman–Crippen LogP) is 3.56. The Balaban J connectivity index is 1.95. The van der Waals surface area contributed by atoms with Gasteiger partial charge in [0.1, 0.15) is 5.82 Å². The Morgan fingerprint density at radius 1 is 1.11 bits per heavy atom. The smallest absolute Gasteiger partial charge is 0.255 e. The summed E-state index contributed by atoms with van der Waals surface area (Å²) < 4.78 is 14.0. The molecule has 0 aliphatic carbocycles. The third kappa shape index (κ3) is 3.64. The van der Waals surface area contributed by atoms with Crippen LogP contribution in [0.2, 0.25) is 0 Å². The van der Waals surface area contributed by atoms with Gasteiger partial charge in [-0.15, -0.1) is 0 Å². The number of amides is 1. The molecular formula is C15H13BrFNO. The maximum absolute atomic E-state index is 13.6. The Morgan fingerprint density at radius 3 is 2.53 bits per heavy atom. The fraction of sp³-hybridized carbons (Fsp3) is 0.133. The number of carbonyl (C=O) groups excluding carboxylic acids is 1. The van der Waals surface area contributed by atoms with E-state index in [-0.39, 0.29) is 5.56 Å². The van der Waals surface area contributed by atoms with Crippen LogP contribution in [0.5, 0.6) is 0 Å². The van der Waals surface area contributed by atoms with Crippen molar-refractivity contribution in [2.45, 2.75) is 6.42 Å². The first kappa shape index (κ1) is 13.7. The summed E-state index contributed by atoms with van der Waals surface area (Å²) in [7, 11) is 0. The topological polar surface area (TPSA) is 29.1 Å². The van der Waals surface area contributed by atoms with Crippen molar-refractivity contribution in [1.82, 2.24) is 5.32 Å². The summed E-state index contributed by atoms with van der Waals surface area (Å²) >= 11 is 3.18. The third-order valence-corrected chi connectivity index (χ3v) is 3.39. The molecule has 0 bridgehead atoms. The molecule has 1 N–H and O–H groups in total. The number of halogens is 2. The Hall–Kier alpha value is -1.68. The minimum absolute atomic E-state index is 0.0514. The third-order valence-electron chi connectivity index (χ3n) is 2.73. The zero-order valence-electron chi connectivity index (χ0n) is 10.2. The van der Waals surface area contributed by atoms with E-state index in [1.54, 1.807) is 12.1 Å². The van der Waals surface area contributed by atoms with Gasteiger partial charge in [-0.05, 0) is 40.0 Å². The van der Waals surface area contributed by atoms with Crippen molar-refractivity contribution in [3.05, 3.63) is 69.9 Å². The Labute approximate surface area is 119 Å². The van der Waals surface area contributed by atoms with E-state index in [9.17, 15) is 9.18 Å². The molecule has 19 heavy (non-hydrogen) atoms. The van der Waals surface area contributed by atoms with Crippen LogP contribution in [0.25, 0.3) is 0 Å². The van der Waals surface area contributed by atoms with Crippen LogP contribution in [0, 0.1) is 5.82 Å². The van der Waals surface area contributed by atoms with Gasteiger partial charge in [0.25, 0.3) is 5.91 Å². The van der Waals surface area contributed by atoms with Crippen LogP contribution in [0.1, 0.15) is 15.9 Å². The molecule has 0 unspecified atom stereocenters. The predicted molar refractivity (Wildman–Crippen MR) is 76.6 cm³/mol. The van der Waals surface area contributed by atoms with E-state index < -0.39 is 11.7 Å². The van der Waals surface area contributed by atoms with E-state index in [0.29, 0.717) is 11.0 Å². The maximum atomic E-state index is 13.6. The normalized spacial score (nSPS) is 10.2. The Bertz CT molecular complexity index is 551. The largest absolute Gasteiger partial charge is 0.352 e. The number of rotatable bonds is 4. The van der Waals surface area contributed by atoms with Gasteiger partial charge < -0.3 is 5.32 Å². The molecule has 0 aliphatic rings. The van der Waals surface area contributed by atoms with Gasteiger partial charge in [-0.3, -0.25) is 4.79 Å². The molecule has 98 valence electrons. The van der Waals surface area contributed by atoms with E-state index in [1.807, 2.05) is 30.3 Å². The molecule has 0 aliphatic heterocycles. The van der Waals surface area contributed by atoms with Crippen LogP contribution >= 0.6 is 15.9 Å². The van der Waals surface area contributed by atoms with Crippen molar-refractivity contribution in [2.24, 2.45) is 0 Å². The minimum atomic E-state index is -0.522. The van der Waals surface area contributed by atoms with Crippen LogP contribution in [0.4, 0.5) is 4.39 Å². The van der Waals surface area contributed by atoms with Crippen LogP contribution in [0.15, 0.2) is 53.0 Å². The molecule has 0 aromatic heterocycles. The van der Waals surface area contributed by atoms with Gasteiger partial charge in [0.15, 0.2) is 0 Å². The summed E-state index contributed by atoms with van der Waals surface area (Å²) in [6.07, 6.45) is 0.721. The highest BCUT2D eigenvalue weighted by Gasteiger charge is 2.14. The lowest BCUT2D eigenvalue weighted by atomic mass is 10.1. The summed E-state index contributed by atoms with van der Waals surface area (Å²) in [6, 6.07) is 14.3. The zero-order chi connectivity index (χ0) is 13.7. The highest BCUT2D eigenvalue weighted by molar-refractivity contribution is 9.10. The zero-order valence-corrected chi connectivity index (χ0v) is 11.8. The van der Waals surface area contributed by atoms with Crippen LogP contribution in [0.3, 0.4) is 0 Å². The molecule has 2 aromatic carbocycles. The summed E-state index contributed by atoms with van der Waals surface area (Å²) in [4.78, 5) is 11.9. The minimum Gasteiger partial charge on any atom is -0.352 e. The lowest BCUT2D eigenvalue weighted by Gasteiger charge is -2.07. The van der Waals surface area contributed by atoms with Crippen molar-refractivity contribution in [1.29, 1.82) is 0 Å². The molecule has 2 aromatic rings. The van der Waals surface area contributed by atoms with Crippen molar-refractivity contribution < 1.29 is 9.18 Å². The number of nitrogens with one attached hydrogen (secondary N) is 1. The number of hydrogen-bond acceptors (Lipinski definition) is 1. The number of hydrogen-bond donors (Lipinski definition) is 1. The molecule has 0 heterocycles. The average Bonchev–Trinajstić information content (AvgIpc) is 2.40. The van der Waals surface area contributed by atoms with Gasteiger partial charge in [0.05, 0.1) is 5.56 Å². The number of benzene rings is 2. The van der Waals surface area contributed by atoms with Crippen molar-refractivity contribution in [2.75, 3.05) is 6.54 Å². The maximum Gasteiger partial charge on any atom is 0.255 e. The molecular weight excluding hydrogens is 309 g/mol. The first-order chi connectivity index (χ1) is 9.18. The molecule has 4 heteroatoms. The molecule has 0 saturated carbocycles. The quantitative estimate of drug-likeness (QED) is 0.916. The monoisotopic (exact) mass is 321 g/mol. The van der Waals surface area contributed by atoms with E-state index in [2.05, 4.69) is 21.2 Å². The van der Waals surface area contributed by atoms with Gasteiger partial charge in [-0.1, -0.05) is 36.4 Å². The molecule has 0 spiro atoms. The van der Waals surface area contributed by atoms with Gasteiger partial charge in [-0.25, -0.2) is 4.39 Å². The van der Waals surface area contributed by atoms with Gasteiger partial charge in [0.2, 0.25) is 0 Å². The van der Waals surface area contributed by atoms with Crippen molar-refractivity contribution in [3.8, 4) is 0 Å². The second kappa shape index (κ2) is 6.48. The first-order valence-electron chi connectivity index (χ1n) is 5.94. The van der Waals surface area contributed by atoms with Gasteiger partial charge in [0, 0.05) is 11.0 Å². The lowest BCUT2D eigenvalue weighted by Crippen LogP contribution is -2.26. The molecule has 0 atom stereocenters. The van der Waals surface area contributed by atoms with E-state index >= 15 is 0 Å². The summed E-state index contributed by atoms with van der Waals surface area (Å²) in [5.41, 5.74) is 1.19. The first-order valence-corrected chi connectivity index (χ1v) is 6.74. The second-order valence-corrected chi connectivity index (χ2v) is 4.94. The fourth-order valence-corrected chi connectivity index (χ4v) is 2.29. The Morgan fingerprint density at radius 2 is 1.84 bits per heavy atom. The number of carbonyl (C=O) groups is 1. The molecule has 0 saturated heterocycles. The lowest BCUT2D eigenvalue weighted by molar-refractivity contribution is 0.0949. The fourth-order valence-electron chi connectivity index (χ4n) is 1.77. The summed E-state index contributed by atoms with van der Waals surface area (Å²) in [6.45, 7) is 0.476. The van der Waals surface area contributed by atoms with Crippen LogP contribution in [-0.2, 0) is 6.42 Å². The summed E-state index contributed by atoms with van der Waals surface area (Å²) in [5, 5.41) is 2.72. The molecule has 0 fully saturated rings. The summed E-state index contributed by atoms with van der Waals surface area (Å²) in [5.74, 6) is -0.924.